The predicted molar refractivity (Wildman–Crippen MR) is 57.4 cm³/mol. The molecule has 2 aromatic rings. The van der Waals surface area contributed by atoms with Crippen molar-refractivity contribution in [3.63, 3.8) is 0 Å². The first-order chi connectivity index (χ1) is 7.81. The molecule has 0 radical (unpaired) electrons. The zero-order valence-electron chi connectivity index (χ0n) is 8.51. The first-order valence-electron chi connectivity index (χ1n) is 4.78. The van der Waals surface area contributed by atoms with Gasteiger partial charge in [0.2, 0.25) is 0 Å². The third kappa shape index (κ3) is 2.09. The van der Waals surface area contributed by atoms with Crippen molar-refractivity contribution in [2.45, 2.75) is 6.42 Å². The zero-order chi connectivity index (χ0) is 11.4. The normalized spacial score (nSPS) is 10.1. The van der Waals surface area contributed by atoms with Crippen LogP contribution in [0.1, 0.15) is 21.8 Å². The smallest absolute Gasteiger partial charge is 0.287 e. The first kappa shape index (κ1) is 10.4. The van der Waals surface area contributed by atoms with Gasteiger partial charge in [-0.1, -0.05) is 30.3 Å². The van der Waals surface area contributed by atoms with Crippen molar-refractivity contribution in [1.29, 1.82) is 0 Å². The molecule has 0 spiro atoms. The van der Waals surface area contributed by atoms with Crippen molar-refractivity contribution in [3.05, 3.63) is 53.7 Å². The molecule has 0 unspecified atom stereocenters. The summed E-state index contributed by atoms with van der Waals surface area (Å²) in [6.07, 6.45) is 1.76. The van der Waals surface area contributed by atoms with Gasteiger partial charge in [0.25, 0.3) is 5.91 Å². The summed E-state index contributed by atoms with van der Waals surface area (Å²) < 4.78 is 5.16. The van der Waals surface area contributed by atoms with Gasteiger partial charge in [-0.2, -0.15) is 0 Å². The van der Waals surface area contributed by atoms with E-state index in [9.17, 15) is 4.79 Å². The molecule has 0 fully saturated rings. The van der Waals surface area contributed by atoms with E-state index < -0.39 is 5.91 Å². The van der Waals surface area contributed by atoms with Crippen LogP contribution in [0.4, 0.5) is 0 Å². The molecule has 1 aromatic heterocycles. The van der Waals surface area contributed by atoms with Crippen LogP contribution in [0.5, 0.6) is 0 Å². The lowest BCUT2D eigenvalue weighted by atomic mass is 10.1. The number of benzene rings is 1. The molecular formula is C11H11N3O2. The van der Waals surface area contributed by atoms with E-state index in [4.69, 9.17) is 10.3 Å². The minimum Gasteiger partial charge on any atom is -0.447 e. The molecule has 0 atom stereocenters. The number of hydrazine groups is 1. The van der Waals surface area contributed by atoms with Gasteiger partial charge in [-0.05, 0) is 5.56 Å². The molecule has 0 bridgehead atoms. The summed E-state index contributed by atoms with van der Waals surface area (Å²) in [5.74, 6) is 5.11. The average Bonchev–Trinajstić information content (AvgIpc) is 2.77. The third-order valence-corrected chi connectivity index (χ3v) is 2.19. The van der Waals surface area contributed by atoms with Gasteiger partial charge in [-0.3, -0.25) is 10.2 Å². The van der Waals surface area contributed by atoms with Crippen LogP contribution >= 0.6 is 0 Å². The summed E-state index contributed by atoms with van der Waals surface area (Å²) in [6.45, 7) is 0. The van der Waals surface area contributed by atoms with Crippen LogP contribution < -0.4 is 11.3 Å². The minimum absolute atomic E-state index is 0.228. The van der Waals surface area contributed by atoms with Crippen molar-refractivity contribution in [3.8, 4) is 0 Å². The second kappa shape index (κ2) is 4.59. The van der Waals surface area contributed by atoms with E-state index >= 15 is 0 Å². The number of hydrogen-bond acceptors (Lipinski definition) is 4. The van der Waals surface area contributed by atoms with Crippen molar-refractivity contribution < 1.29 is 9.21 Å². The second-order valence-electron chi connectivity index (χ2n) is 3.26. The largest absolute Gasteiger partial charge is 0.447 e. The van der Waals surface area contributed by atoms with Gasteiger partial charge in [0.1, 0.15) is 5.76 Å². The van der Waals surface area contributed by atoms with Crippen LogP contribution in [0.25, 0.3) is 0 Å². The molecule has 0 aliphatic heterocycles. The summed E-state index contributed by atoms with van der Waals surface area (Å²) in [7, 11) is 0. The van der Waals surface area contributed by atoms with Crippen LogP contribution in [0.15, 0.2) is 41.1 Å². The fourth-order valence-electron chi connectivity index (χ4n) is 1.43. The topological polar surface area (TPSA) is 81.1 Å². The first-order valence-corrected chi connectivity index (χ1v) is 4.78. The monoisotopic (exact) mass is 217 g/mol. The van der Waals surface area contributed by atoms with Gasteiger partial charge in [0.15, 0.2) is 12.1 Å². The molecule has 0 aliphatic rings. The Labute approximate surface area is 92.3 Å². The molecule has 5 nitrogen and oxygen atoms in total. The van der Waals surface area contributed by atoms with E-state index in [2.05, 4.69) is 4.98 Å². The lowest BCUT2D eigenvalue weighted by molar-refractivity contribution is 0.0947. The number of nitrogens with one attached hydrogen (secondary N) is 1. The molecule has 3 N–H and O–H groups in total. The van der Waals surface area contributed by atoms with Gasteiger partial charge < -0.3 is 4.42 Å². The molecule has 0 saturated carbocycles. The standard InChI is InChI=1S/C11H11N3O2/c12-14-11(15)10-9(16-7-13-10)6-8-4-2-1-3-5-8/h1-5,7H,6,12H2,(H,14,15). The summed E-state index contributed by atoms with van der Waals surface area (Å²) in [4.78, 5) is 15.2. The van der Waals surface area contributed by atoms with Crippen molar-refractivity contribution >= 4 is 5.91 Å². The number of nitrogens with two attached hydrogens (primary N) is 1. The fourth-order valence-corrected chi connectivity index (χ4v) is 1.43. The van der Waals surface area contributed by atoms with Crippen molar-refractivity contribution in [2.75, 3.05) is 0 Å². The number of nitrogen functional groups attached to an aromatic ring is 1. The maximum absolute atomic E-state index is 11.3. The lowest BCUT2D eigenvalue weighted by Crippen LogP contribution is -2.31. The van der Waals surface area contributed by atoms with E-state index in [1.807, 2.05) is 35.8 Å². The van der Waals surface area contributed by atoms with Crippen LogP contribution in [0, 0.1) is 0 Å². The highest BCUT2D eigenvalue weighted by atomic mass is 16.3. The molecule has 0 saturated heterocycles. The van der Waals surface area contributed by atoms with Crippen LogP contribution in [0.2, 0.25) is 0 Å². The molecule has 16 heavy (non-hydrogen) atoms. The molecule has 1 amide bonds. The summed E-state index contributed by atoms with van der Waals surface area (Å²) >= 11 is 0. The molecule has 82 valence electrons. The number of nitrogens with zero attached hydrogens (tertiary/aromatic N) is 1. The second-order valence-corrected chi connectivity index (χ2v) is 3.26. The number of oxazole rings is 1. The molecular weight excluding hydrogens is 206 g/mol. The molecule has 1 heterocycles. The third-order valence-electron chi connectivity index (χ3n) is 2.19. The van der Waals surface area contributed by atoms with E-state index in [-0.39, 0.29) is 5.69 Å². The summed E-state index contributed by atoms with van der Waals surface area (Å²) in [5, 5.41) is 0. The maximum atomic E-state index is 11.3. The van der Waals surface area contributed by atoms with Crippen LogP contribution in [-0.4, -0.2) is 10.9 Å². The summed E-state index contributed by atoms with van der Waals surface area (Å²) in [6, 6.07) is 9.68. The highest BCUT2D eigenvalue weighted by molar-refractivity contribution is 5.92. The number of amides is 1. The maximum Gasteiger partial charge on any atom is 0.287 e. The van der Waals surface area contributed by atoms with E-state index in [0.29, 0.717) is 12.2 Å². The Kier molecular flexibility index (Phi) is 2.98. The van der Waals surface area contributed by atoms with Gasteiger partial charge in [0, 0.05) is 6.42 Å². The van der Waals surface area contributed by atoms with Gasteiger partial charge >= 0.3 is 0 Å². The average molecular weight is 217 g/mol. The molecule has 0 aliphatic carbocycles. The minimum atomic E-state index is -0.445. The highest BCUT2D eigenvalue weighted by Gasteiger charge is 2.15. The quantitative estimate of drug-likeness (QED) is 0.454. The Morgan fingerprint density at radius 3 is 2.81 bits per heavy atom. The number of carbonyl (C=O) groups excluding carboxylic acids is 1. The number of carbonyl (C=O) groups is 1. The highest BCUT2D eigenvalue weighted by Crippen LogP contribution is 2.12. The lowest BCUT2D eigenvalue weighted by Gasteiger charge is -2.00. The van der Waals surface area contributed by atoms with E-state index in [0.717, 1.165) is 5.56 Å². The number of aromatic nitrogens is 1. The number of hydrogen-bond donors (Lipinski definition) is 2. The van der Waals surface area contributed by atoms with Crippen molar-refractivity contribution in [1.82, 2.24) is 10.4 Å². The van der Waals surface area contributed by atoms with E-state index in [1.54, 1.807) is 0 Å². The Morgan fingerprint density at radius 1 is 1.38 bits per heavy atom. The Morgan fingerprint density at radius 2 is 2.12 bits per heavy atom. The fraction of sp³-hybridized carbons (Fsp3) is 0.0909. The summed E-state index contributed by atoms with van der Waals surface area (Å²) in [5.41, 5.74) is 3.31. The predicted octanol–water partition coefficient (Wildman–Crippen LogP) is 0.869. The SMILES string of the molecule is NNC(=O)c1ncoc1Cc1ccccc1. The van der Waals surface area contributed by atoms with Gasteiger partial charge in [-0.15, -0.1) is 0 Å². The number of rotatable bonds is 3. The Hall–Kier alpha value is -2.14. The van der Waals surface area contributed by atoms with E-state index in [1.165, 1.54) is 6.39 Å². The molecule has 5 heteroatoms. The van der Waals surface area contributed by atoms with Gasteiger partial charge in [-0.25, -0.2) is 10.8 Å². The zero-order valence-corrected chi connectivity index (χ0v) is 8.51. The molecule has 1 aromatic carbocycles. The Balaban J connectivity index is 2.22. The Bertz CT molecular complexity index is 479. The van der Waals surface area contributed by atoms with Crippen LogP contribution in [0.3, 0.4) is 0 Å². The van der Waals surface area contributed by atoms with Crippen LogP contribution in [-0.2, 0) is 6.42 Å². The van der Waals surface area contributed by atoms with Crippen molar-refractivity contribution in [2.24, 2.45) is 5.84 Å². The van der Waals surface area contributed by atoms with Gasteiger partial charge in [0.05, 0.1) is 0 Å². The molecule has 2 rings (SSSR count).